The van der Waals surface area contributed by atoms with Crippen molar-refractivity contribution in [3.63, 3.8) is 0 Å². The topological polar surface area (TPSA) is 35.9 Å². The molecule has 1 N–H and O–H groups in total. The minimum atomic E-state index is 0.255. The molecular weight excluding hydrogens is 372 g/mol. The minimum absolute atomic E-state index is 0.255. The highest BCUT2D eigenvalue weighted by Gasteiger charge is 2.21. The van der Waals surface area contributed by atoms with Gasteiger partial charge in [-0.25, -0.2) is 0 Å². The molecule has 4 rings (SSSR count). The molecule has 2 aromatic carbocycles. The Labute approximate surface area is 181 Å². The molecule has 4 nitrogen and oxygen atoms in total. The van der Waals surface area contributed by atoms with Crippen LogP contribution in [0.1, 0.15) is 49.8 Å². The van der Waals surface area contributed by atoms with Crippen molar-refractivity contribution in [2.45, 2.75) is 51.4 Å². The average molecular weight is 409 g/mol. The van der Waals surface area contributed by atoms with E-state index in [9.17, 15) is 0 Å². The van der Waals surface area contributed by atoms with E-state index in [1.165, 1.54) is 47.9 Å². The maximum absolute atomic E-state index is 9.12. The Balaban J connectivity index is 1.31. The first-order chi connectivity index (χ1) is 14.7. The van der Waals surface area contributed by atoms with Gasteiger partial charge in [-0.2, -0.15) is 0 Å². The molecule has 1 atom stereocenters. The monoisotopic (exact) mass is 408 g/mol. The summed E-state index contributed by atoms with van der Waals surface area (Å²) in [6.07, 6.45) is 5.55. The second-order valence-electron chi connectivity index (χ2n) is 8.81. The molecule has 0 bridgehead atoms. The van der Waals surface area contributed by atoms with Crippen molar-refractivity contribution in [2.75, 3.05) is 39.3 Å². The summed E-state index contributed by atoms with van der Waals surface area (Å²) in [6.45, 7) is 8.29. The van der Waals surface area contributed by atoms with Gasteiger partial charge in [-0.05, 0) is 42.0 Å². The van der Waals surface area contributed by atoms with Crippen LogP contribution in [0.4, 0.5) is 0 Å². The van der Waals surface area contributed by atoms with Crippen LogP contribution in [0.2, 0.25) is 0 Å². The van der Waals surface area contributed by atoms with Crippen LogP contribution in [0, 0.1) is 0 Å². The van der Waals surface area contributed by atoms with E-state index in [1.807, 2.05) is 0 Å². The normalized spacial score (nSPS) is 19.9. The lowest BCUT2D eigenvalue weighted by atomic mass is 9.99. The smallest absolute Gasteiger partial charge is 0.0720 e. The number of hydrogen-bond donors (Lipinski definition) is 1. The number of aliphatic hydroxyl groups excluding tert-OH is 1. The van der Waals surface area contributed by atoms with Crippen molar-refractivity contribution in [2.24, 2.45) is 0 Å². The number of benzene rings is 2. The number of hydrogen-bond acceptors (Lipinski definition) is 4. The zero-order valence-corrected chi connectivity index (χ0v) is 18.3. The first-order valence-corrected chi connectivity index (χ1v) is 11.6. The molecule has 1 aliphatic heterocycles. The molecule has 0 amide bonds. The molecule has 162 valence electrons. The largest absolute Gasteiger partial charge is 0.395 e. The molecule has 1 aliphatic carbocycles. The van der Waals surface area contributed by atoms with Crippen LogP contribution in [0.15, 0.2) is 48.5 Å². The first-order valence-electron chi connectivity index (χ1n) is 11.6. The Bertz CT molecular complexity index is 761. The SMILES string of the molecule is CC(c1ccc(-c2ccc(COC3CCCC3)cc2)cc1)N1CCN(CCO)CC1. The van der Waals surface area contributed by atoms with Gasteiger partial charge in [0.05, 0.1) is 19.3 Å². The van der Waals surface area contributed by atoms with Gasteiger partial charge in [0.25, 0.3) is 0 Å². The predicted molar refractivity (Wildman–Crippen MR) is 122 cm³/mol. The summed E-state index contributed by atoms with van der Waals surface area (Å²) >= 11 is 0. The standard InChI is InChI=1S/C26H36N2O2/c1-21(28-16-14-27(15-17-28)18-19-29)23-10-12-25(13-11-23)24-8-6-22(7-9-24)20-30-26-4-2-3-5-26/h6-13,21,26,29H,2-5,14-20H2,1H3. The van der Waals surface area contributed by atoms with Crippen LogP contribution in [0.5, 0.6) is 0 Å². The summed E-state index contributed by atoms with van der Waals surface area (Å²) in [4.78, 5) is 4.89. The van der Waals surface area contributed by atoms with Gasteiger partial charge < -0.3 is 9.84 Å². The number of rotatable bonds is 8. The Morgan fingerprint density at radius 2 is 1.50 bits per heavy atom. The van der Waals surface area contributed by atoms with Crippen molar-refractivity contribution in [3.05, 3.63) is 59.7 Å². The van der Waals surface area contributed by atoms with Gasteiger partial charge >= 0.3 is 0 Å². The van der Waals surface area contributed by atoms with Gasteiger partial charge in [-0.1, -0.05) is 61.4 Å². The van der Waals surface area contributed by atoms with Gasteiger partial charge in [0.15, 0.2) is 0 Å². The molecule has 2 fully saturated rings. The van der Waals surface area contributed by atoms with Crippen LogP contribution in [-0.2, 0) is 11.3 Å². The lowest BCUT2D eigenvalue weighted by Gasteiger charge is -2.38. The van der Waals surface area contributed by atoms with Crippen LogP contribution >= 0.6 is 0 Å². The van der Waals surface area contributed by atoms with Gasteiger partial charge in [0.1, 0.15) is 0 Å². The summed E-state index contributed by atoms with van der Waals surface area (Å²) < 4.78 is 6.03. The molecule has 1 heterocycles. The van der Waals surface area contributed by atoms with E-state index in [-0.39, 0.29) is 6.61 Å². The molecule has 30 heavy (non-hydrogen) atoms. The van der Waals surface area contributed by atoms with Gasteiger partial charge in [0.2, 0.25) is 0 Å². The second-order valence-corrected chi connectivity index (χ2v) is 8.81. The summed E-state index contributed by atoms with van der Waals surface area (Å²) in [6, 6.07) is 18.3. The van der Waals surface area contributed by atoms with Crippen molar-refractivity contribution in [3.8, 4) is 11.1 Å². The average Bonchev–Trinajstić information content (AvgIpc) is 3.32. The maximum atomic E-state index is 9.12. The van der Waals surface area contributed by atoms with E-state index in [4.69, 9.17) is 9.84 Å². The third-order valence-electron chi connectivity index (χ3n) is 6.84. The number of nitrogens with zero attached hydrogens (tertiary/aromatic N) is 2. The zero-order chi connectivity index (χ0) is 20.8. The Kier molecular flexibility index (Phi) is 7.56. The highest BCUT2D eigenvalue weighted by atomic mass is 16.5. The predicted octanol–water partition coefficient (Wildman–Crippen LogP) is 4.48. The van der Waals surface area contributed by atoms with Crippen LogP contribution in [0.25, 0.3) is 11.1 Å². The summed E-state index contributed by atoms with van der Waals surface area (Å²) in [5.74, 6) is 0. The summed E-state index contributed by atoms with van der Waals surface area (Å²) in [5, 5.41) is 9.12. The zero-order valence-electron chi connectivity index (χ0n) is 18.3. The van der Waals surface area contributed by atoms with E-state index >= 15 is 0 Å². The number of aliphatic hydroxyl groups is 1. The van der Waals surface area contributed by atoms with E-state index in [2.05, 4.69) is 65.3 Å². The van der Waals surface area contributed by atoms with E-state index in [0.717, 1.165) is 39.3 Å². The van der Waals surface area contributed by atoms with Crippen molar-refractivity contribution < 1.29 is 9.84 Å². The molecule has 2 aromatic rings. The number of ether oxygens (including phenoxy) is 1. The van der Waals surface area contributed by atoms with Crippen molar-refractivity contribution in [1.29, 1.82) is 0 Å². The van der Waals surface area contributed by atoms with Gasteiger partial charge in [-0.15, -0.1) is 0 Å². The molecule has 1 saturated heterocycles. The highest BCUT2D eigenvalue weighted by molar-refractivity contribution is 5.64. The third-order valence-corrected chi connectivity index (χ3v) is 6.84. The highest BCUT2D eigenvalue weighted by Crippen LogP contribution is 2.27. The Morgan fingerprint density at radius 1 is 0.900 bits per heavy atom. The first kappa shape index (κ1) is 21.5. The number of β-amino-alcohol motifs (C(OH)–C–C–N with tert-alkyl or cyclic N) is 1. The fourth-order valence-corrected chi connectivity index (χ4v) is 4.74. The minimum Gasteiger partial charge on any atom is -0.395 e. The number of piperazine rings is 1. The lowest BCUT2D eigenvalue weighted by molar-refractivity contribution is 0.0457. The van der Waals surface area contributed by atoms with E-state index in [0.29, 0.717) is 12.1 Å². The van der Waals surface area contributed by atoms with E-state index < -0.39 is 0 Å². The van der Waals surface area contributed by atoms with Crippen LogP contribution < -0.4 is 0 Å². The van der Waals surface area contributed by atoms with Gasteiger partial charge in [-0.3, -0.25) is 9.80 Å². The molecular formula is C26H36N2O2. The second kappa shape index (κ2) is 10.5. The molecule has 1 saturated carbocycles. The fraction of sp³-hybridized carbons (Fsp3) is 0.538. The van der Waals surface area contributed by atoms with Crippen LogP contribution in [-0.4, -0.2) is 60.3 Å². The molecule has 0 radical (unpaired) electrons. The fourth-order valence-electron chi connectivity index (χ4n) is 4.74. The molecule has 2 aliphatic rings. The van der Waals surface area contributed by atoms with Crippen LogP contribution in [0.3, 0.4) is 0 Å². The molecule has 0 spiro atoms. The maximum Gasteiger partial charge on any atom is 0.0720 e. The van der Waals surface area contributed by atoms with Crippen molar-refractivity contribution in [1.82, 2.24) is 9.80 Å². The Morgan fingerprint density at radius 3 is 2.10 bits per heavy atom. The summed E-state index contributed by atoms with van der Waals surface area (Å²) in [5.41, 5.74) is 5.16. The molecule has 0 aromatic heterocycles. The quantitative estimate of drug-likeness (QED) is 0.698. The summed E-state index contributed by atoms with van der Waals surface area (Å²) in [7, 11) is 0. The lowest BCUT2D eigenvalue weighted by Crippen LogP contribution is -2.47. The molecule has 4 heteroatoms. The Hall–Kier alpha value is -1.72. The van der Waals surface area contributed by atoms with Crippen molar-refractivity contribution >= 4 is 0 Å². The van der Waals surface area contributed by atoms with Gasteiger partial charge in [0, 0.05) is 38.8 Å². The third kappa shape index (κ3) is 5.50. The van der Waals surface area contributed by atoms with E-state index in [1.54, 1.807) is 0 Å². The molecule has 1 unspecified atom stereocenters.